The van der Waals surface area contributed by atoms with Crippen LogP contribution in [0.3, 0.4) is 0 Å². The van der Waals surface area contributed by atoms with E-state index in [1.807, 2.05) is 13.0 Å². The second-order valence-electron chi connectivity index (χ2n) is 18.1. The average molecular weight is 997 g/mol. The Morgan fingerprint density at radius 3 is 1.22 bits per heavy atom. The number of ether oxygens (including phenoxy) is 9. The van der Waals surface area contributed by atoms with Crippen LogP contribution in [0.5, 0.6) is 0 Å². The van der Waals surface area contributed by atoms with Gasteiger partial charge in [-0.2, -0.15) is 0 Å². The molecule has 0 spiro atoms. The molecule has 0 amide bonds. The van der Waals surface area contributed by atoms with Gasteiger partial charge in [0, 0.05) is 18.4 Å². The summed E-state index contributed by atoms with van der Waals surface area (Å²) in [6, 6.07) is 41.8. The normalized spacial score (nSPS) is 23.5. The highest BCUT2D eigenvalue weighted by atomic mass is 16.7. The molecule has 0 aliphatic carbocycles. The fourth-order valence-corrected chi connectivity index (χ4v) is 8.73. The van der Waals surface area contributed by atoms with Crippen molar-refractivity contribution in [3.8, 4) is 0 Å². The Kier molecular flexibility index (Phi) is 20.5. The van der Waals surface area contributed by atoms with Crippen LogP contribution in [-0.2, 0) is 42.6 Å². The standard InChI is InChI=1S/C59H64O14/c1-4-5-6-7-8-9-10-26-37-65-58-40(2)49(70-55(62)44-31-20-13-21-32-44)52(48(68-58)39-67-54(61)43-29-18-12-19-30-43)73-59-41(3)50(71-56(63)45-33-22-14-23-34-45)51(72-57(64)46-35-24-15-25-36-46)47(69-59)38-66-53(60)42-27-16-11-17-28-42/h4,11-25,27-36,40-41,47-52,58-59H,1,5-10,26,37-39H2,2-3H3. The molecule has 2 heterocycles. The van der Waals surface area contributed by atoms with E-state index in [1.54, 1.807) is 159 Å². The molecule has 5 aromatic rings. The number of benzene rings is 5. The van der Waals surface area contributed by atoms with E-state index in [1.165, 1.54) is 0 Å². The summed E-state index contributed by atoms with van der Waals surface area (Å²) >= 11 is 0. The zero-order valence-corrected chi connectivity index (χ0v) is 41.3. The Morgan fingerprint density at radius 1 is 0.438 bits per heavy atom. The molecular formula is C59H64O14. The summed E-state index contributed by atoms with van der Waals surface area (Å²) in [5.74, 6) is -5.09. The maximum Gasteiger partial charge on any atom is 0.338 e. The first-order valence-corrected chi connectivity index (χ1v) is 25.0. The molecule has 10 atom stereocenters. The van der Waals surface area contributed by atoms with E-state index in [-0.39, 0.29) is 28.9 Å². The highest BCUT2D eigenvalue weighted by molar-refractivity contribution is 5.91. The molecule has 2 fully saturated rings. The maximum absolute atomic E-state index is 14.1. The molecule has 10 unspecified atom stereocenters. The van der Waals surface area contributed by atoms with Crippen LogP contribution in [0.25, 0.3) is 0 Å². The first-order chi connectivity index (χ1) is 35.6. The number of hydrogen-bond donors (Lipinski definition) is 0. The van der Waals surface area contributed by atoms with E-state index in [0.717, 1.165) is 44.9 Å². The summed E-state index contributed by atoms with van der Waals surface area (Å²) in [5.41, 5.74) is 1.25. The average Bonchev–Trinajstić information content (AvgIpc) is 3.43. The van der Waals surface area contributed by atoms with E-state index in [4.69, 9.17) is 42.6 Å². The number of rotatable bonds is 24. The lowest BCUT2D eigenvalue weighted by atomic mass is 9.89. The van der Waals surface area contributed by atoms with Crippen LogP contribution in [0.2, 0.25) is 0 Å². The highest BCUT2D eigenvalue weighted by Crippen LogP contribution is 2.38. The maximum atomic E-state index is 14.1. The van der Waals surface area contributed by atoms with Crippen molar-refractivity contribution in [3.63, 3.8) is 0 Å². The van der Waals surface area contributed by atoms with Gasteiger partial charge in [-0.1, -0.05) is 137 Å². The smallest absolute Gasteiger partial charge is 0.338 e. The minimum atomic E-state index is -1.37. The Labute approximate surface area is 426 Å². The second kappa shape index (κ2) is 27.7. The quantitative estimate of drug-likeness (QED) is 0.0248. The van der Waals surface area contributed by atoms with Crippen LogP contribution in [-0.4, -0.2) is 98.9 Å². The van der Waals surface area contributed by atoms with Gasteiger partial charge >= 0.3 is 29.8 Å². The van der Waals surface area contributed by atoms with E-state index >= 15 is 0 Å². The molecule has 2 aliphatic rings. The summed E-state index contributed by atoms with van der Waals surface area (Å²) in [4.78, 5) is 69.1. The molecule has 0 bridgehead atoms. The Bertz CT molecular complexity index is 2510. The van der Waals surface area contributed by atoms with Gasteiger partial charge in [0.15, 0.2) is 18.7 Å². The van der Waals surface area contributed by atoms with Gasteiger partial charge in [0.05, 0.1) is 27.8 Å². The van der Waals surface area contributed by atoms with Crippen LogP contribution in [0, 0.1) is 11.8 Å². The second-order valence-corrected chi connectivity index (χ2v) is 18.1. The van der Waals surface area contributed by atoms with Gasteiger partial charge in [0.1, 0.15) is 43.7 Å². The van der Waals surface area contributed by atoms with Gasteiger partial charge in [0.25, 0.3) is 0 Å². The minimum absolute atomic E-state index is 0.210. The SMILES string of the molecule is C=CCCCCCCCCOC1OC(COC(=O)c2ccccc2)C(OC2OC(COC(=O)c3ccccc3)C(OC(=O)c3ccccc3)C(OC(=O)c3ccccc3)C2C)C(OC(=O)c2ccccc2)C1C. The van der Waals surface area contributed by atoms with Crippen molar-refractivity contribution in [2.24, 2.45) is 11.8 Å². The third kappa shape index (κ3) is 15.3. The molecule has 0 saturated carbocycles. The molecule has 384 valence electrons. The number of allylic oxidation sites excluding steroid dienone is 1. The van der Waals surface area contributed by atoms with Gasteiger partial charge in [-0.15, -0.1) is 6.58 Å². The van der Waals surface area contributed by atoms with Crippen molar-refractivity contribution in [2.45, 2.75) is 108 Å². The number of carbonyl (C=O) groups is 5. The molecule has 14 heteroatoms. The minimum Gasteiger partial charge on any atom is -0.459 e. The fraction of sp³-hybridized carbons (Fsp3) is 0.373. The van der Waals surface area contributed by atoms with Crippen molar-refractivity contribution in [1.82, 2.24) is 0 Å². The predicted molar refractivity (Wildman–Crippen MR) is 269 cm³/mol. The van der Waals surface area contributed by atoms with E-state index < -0.39 is 97.5 Å². The molecule has 2 aliphatic heterocycles. The molecule has 0 N–H and O–H groups in total. The number of esters is 5. The van der Waals surface area contributed by atoms with Crippen LogP contribution < -0.4 is 0 Å². The first kappa shape index (κ1) is 53.8. The van der Waals surface area contributed by atoms with Gasteiger partial charge in [-0.25, -0.2) is 24.0 Å². The zero-order chi connectivity index (χ0) is 51.4. The largest absolute Gasteiger partial charge is 0.459 e. The van der Waals surface area contributed by atoms with Gasteiger partial charge in [-0.05, 0) is 79.9 Å². The van der Waals surface area contributed by atoms with Crippen molar-refractivity contribution < 1.29 is 66.6 Å². The molecular weight excluding hydrogens is 933 g/mol. The topological polar surface area (TPSA) is 168 Å². The van der Waals surface area contributed by atoms with Crippen molar-refractivity contribution in [1.29, 1.82) is 0 Å². The number of hydrogen-bond acceptors (Lipinski definition) is 14. The van der Waals surface area contributed by atoms with Crippen LogP contribution in [0.1, 0.15) is 111 Å². The predicted octanol–water partition coefficient (Wildman–Crippen LogP) is 10.4. The molecule has 14 nitrogen and oxygen atoms in total. The summed E-state index contributed by atoms with van der Waals surface area (Å²) in [5, 5.41) is 0. The van der Waals surface area contributed by atoms with Crippen LogP contribution >= 0.6 is 0 Å². The molecule has 73 heavy (non-hydrogen) atoms. The Balaban J connectivity index is 1.23. The summed E-state index contributed by atoms with van der Waals surface area (Å²) < 4.78 is 57.5. The number of unbranched alkanes of at least 4 members (excludes halogenated alkanes) is 6. The zero-order valence-electron chi connectivity index (χ0n) is 41.3. The van der Waals surface area contributed by atoms with Gasteiger partial charge < -0.3 is 42.6 Å². The van der Waals surface area contributed by atoms with E-state index in [0.29, 0.717) is 12.2 Å². The van der Waals surface area contributed by atoms with Gasteiger partial charge in [0.2, 0.25) is 0 Å². The third-order valence-corrected chi connectivity index (χ3v) is 12.8. The van der Waals surface area contributed by atoms with Crippen molar-refractivity contribution in [3.05, 3.63) is 192 Å². The molecule has 0 aromatic heterocycles. The third-order valence-electron chi connectivity index (χ3n) is 12.8. The monoisotopic (exact) mass is 996 g/mol. The Hall–Kier alpha value is -6.97. The molecule has 0 radical (unpaired) electrons. The molecule has 7 rings (SSSR count). The highest BCUT2D eigenvalue weighted by Gasteiger charge is 2.54. The fourth-order valence-electron chi connectivity index (χ4n) is 8.73. The van der Waals surface area contributed by atoms with Gasteiger partial charge in [-0.3, -0.25) is 0 Å². The first-order valence-electron chi connectivity index (χ1n) is 25.0. The molecule has 5 aromatic carbocycles. The van der Waals surface area contributed by atoms with E-state index in [2.05, 4.69) is 6.58 Å². The number of carbonyl (C=O) groups excluding carboxylic acids is 5. The summed E-state index contributed by atoms with van der Waals surface area (Å²) in [7, 11) is 0. The molecule has 2 saturated heterocycles. The summed E-state index contributed by atoms with van der Waals surface area (Å²) in [6.07, 6.45) is -0.827. The van der Waals surface area contributed by atoms with Crippen molar-refractivity contribution in [2.75, 3.05) is 19.8 Å². The van der Waals surface area contributed by atoms with Crippen molar-refractivity contribution >= 4 is 29.8 Å². The lowest BCUT2D eigenvalue weighted by Crippen LogP contribution is -2.63. The lowest BCUT2D eigenvalue weighted by molar-refractivity contribution is -0.343. The lowest BCUT2D eigenvalue weighted by Gasteiger charge is -2.48. The Morgan fingerprint density at radius 2 is 0.781 bits per heavy atom. The van der Waals surface area contributed by atoms with Crippen LogP contribution in [0.15, 0.2) is 164 Å². The summed E-state index contributed by atoms with van der Waals surface area (Å²) in [6.45, 7) is 6.79. The van der Waals surface area contributed by atoms with E-state index in [9.17, 15) is 24.0 Å². The van der Waals surface area contributed by atoms with Crippen LogP contribution in [0.4, 0.5) is 0 Å².